The van der Waals surface area contributed by atoms with Gasteiger partial charge in [0, 0.05) is 36.8 Å². The quantitative estimate of drug-likeness (QED) is 0.216. The molecule has 0 radical (unpaired) electrons. The van der Waals surface area contributed by atoms with Crippen LogP contribution in [0.3, 0.4) is 0 Å². The first-order valence-electron chi connectivity index (χ1n) is 11.5. The lowest BCUT2D eigenvalue weighted by Gasteiger charge is -2.24. The molecule has 0 N–H and O–H groups in total. The van der Waals surface area contributed by atoms with Crippen LogP contribution in [0.25, 0.3) is 0 Å². The molecule has 0 saturated carbocycles. The SMILES string of the molecule is CC1=CC(c2ccc(C)cc2)CC(F)=C1C#CC1C=C(F)C(C(F)(F)Oc2cc(F)c(F)c(F)c2)=C(F)C1. The van der Waals surface area contributed by atoms with Crippen molar-refractivity contribution in [2.24, 2.45) is 5.92 Å². The van der Waals surface area contributed by atoms with Gasteiger partial charge in [-0.25, -0.2) is 26.3 Å². The van der Waals surface area contributed by atoms with Crippen LogP contribution in [0.2, 0.25) is 0 Å². The van der Waals surface area contributed by atoms with Crippen LogP contribution in [-0.2, 0) is 0 Å². The van der Waals surface area contributed by atoms with Gasteiger partial charge in [0.15, 0.2) is 17.5 Å². The lowest BCUT2D eigenvalue weighted by molar-refractivity contribution is -0.143. The summed E-state index contributed by atoms with van der Waals surface area (Å²) in [6.45, 7) is 3.59. The summed E-state index contributed by atoms with van der Waals surface area (Å²) in [5, 5.41) is 0. The maximum atomic E-state index is 14.9. The van der Waals surface area contributed by atoms with E-state index in [1.165, 1.54) is 0 Å². The Balaban J connectivity index is 1.51. The molecule has 0 spiro atoms. The molecule has 198 valence electrons. The predicted molar refractivity (Wildman–Crippen MR) is 126 cm³/mol. The Morgan fingerprint density at radius 2 is 1.47 bits per heavy atom. The number of benzene rings is 2. The summed E-state index contributed by atoms with van der Waals surface area (Å²) in [7, 11) is 0. The summed E-state index contributed by atoms with van der Waals surface area (Å²) in [6, 6.07) is 7.88. The first-order valence-corrected chi connectivity index (χ1v) is 11.5. The molecule has 0 saturated heterocycles. The molecular weight excluding hydrogens is 516 g/mol. The average molecular weight is 536 g/mol. The Morgan fingerprint density at radius 1 is 0.842 bits per heavy atom. The minimum absolute atomic E-state index is 0.0474. The molecule has 2 aromatic carbocycles. The van der Waals surface area contributed by atoms with Gasteiger partial charge in [0.2, 0.25) is 0 Å². The predicted octanol–water partition coefficient (Wildman–Crippen LogP) is 8.84. The van der Waals surface area contributed by atoms with Crippen LogP contribution in [0.5, 0.6) is 5.75 Å². The van der Waals surface area contributed by atoms with Crippen LogP contribution in [0.15, 0.2) is 82.8 Å². The van der Waals surface area contributed by atoms with Gasteiger partial charge in [-0.05, 0) is 31.1 Å². The number of allylic oxidation sites excluding steroid dienone is 6. The summed E-state index contributed by atoms with van der Waals surface area (Å²) in [6.07, 6.45) is -2.94. The van der Waals surface area contributed by atoms with Crippen molar-refractivity contribution in [3.63, 3.8) is 0 Å². The van der Waals surface area contributed by atoms with E-state index in [9.17, 15) is 35.1 Å². The monoisotopic (exact) mass is 536 g/mol. The van der Waals surface area contributed by atoms with Crippen molar-refractivity contribution in [3.05, 3.63) is 111 Å². The zero-order valence-corrected chi connectivity index (χ0v) is 20.1. The number of alkyl halides is 2. The summed E-state index contributed by atoms with van der Waals surface area (Å²) >= 11 is 0. The van der Waals surface area contributed by atoms with E-state index in [1.54, 1.807) is 6.92 Å². The van der Waals surface area contributed by atoms with Gasteiger partial charge in [-0.2, -0.15) is 8.78 Å². The lowest BCUT2D eigenvalue weighted by Crippen LogP contribution is -2.30. The van der Waals surface area contributed by atoms with Crippen molar-refractivity contribution in [2.45, 2.75) is 38.7 Å². The fourth-order valence-electron chi connectivity index (χ4n) is 4.24. The van der Waals surface area contributed by atoms with Gasteiger partial charge in [0.1, 0.15) is 28.8 Å². The minimum Gasteiger partial charge on any atom is -0.429 e. The fraction of sp³-hybridized carbons (Fsp3) is 0.241. The Bertz CT molecular complexity index is 1430. The Hall–Kier alpha value is -3.80. The second kappa shape index (κ2) is 10.5. The second-order valence-corrected chi connectivity index (χ2v) is 9.05. The van der Waals surface area contributed by atoms with E-state index < -0.39 is 64.7 Å². The summed E-state index contributed by atoms with van der Waals surface area (Å²) in [5.74, 6) is -6.87. The van der Waals surface area contributed by atoms with Crippen LogP contribution >= 0.6 is 0 Å². The molecule has 2 aromatic rings. The molecule has 38 heavy (non-hydrogen) atoms. The van der Waals surface area contributed by atoms with Gasteiger partial charge in [0.25, 0.3) is 0 Å². The lowest BCUT2D eigenvalue weighted by atomic mass is 9.85. The minimum atomic E-state index is -4.68. The van der Waals surface area contributed by atoms with Gasteiger partial charge in [-0.15, -0.1) is 0 Å². The van der Waals surface area contributed by atoms with Crippen LogP contribution in [0, 0.1) is 42.1 Å². The van der Waals surface area contributed by atoms with E-state index in [-0.39, 0.29) is 30.0 Å². The molecule has 0 aliphatic heterocycles. The van der Waals surface area contributed by atoms with Crippen molar-refractivity contribution in [1.29, 1.82) is 0 Å². The normalized spacial score (nSPS) is 20.1. The van der Waals surface area contributed by atoms with Gasteiger partial charge in [0.05, 0.1) is 5.57 Å². The van der Waals surface area contributed by atoms with Gasteiger partial charge >= 0.3 is 6.11 Å². The largest absolute Gasteiger partial charge is 0.432 e. The molecule has 0 bridgehead atoms. The van der Waals surface area contributed by atoms with Gasteiger partial charge in [-0.1, -0.05) is 47.7 Å². The highest BCUT2D eigenvalue weighted by Crippen LogP contribution is 2.42. The third-order valence-corrected chi connectivity index (χ3v) is 6.16. The average Bonchev–Trinajstić information content (AvgIpc) is 2.81. The molecule has 2 aliphatic carbocycles. The molecule has 2 aliphatic rings. The van der Waals surface area contributed by atoms with Gasteiger partial charge in [-0.3, -0.25) is 0 Å². The molecule has 0 fully saturated rings. The summed E-state index contributed by atoms with van der Waals surface area (Å²) in [5.41, 5.74) is 0.797. The zero-order valence-electron chi connectivity index (χ0n) is 20.1. The summed E-state index contributed by atoms with van der Waals surface area (Å²) < 4.78 is 117. The Morgan fingerprint density at radius 3 is 2.05 bits per heavy atom. The van der Waals surface area contributed by atoms with E-state index in [1.807, 2.05) is 37.3 Å². The second-order valence-electron chi connectivity index (χ2n) is 9.05. The number of hydrogen-bond acceptors (Lipinski definition) is 1. The van der Waals surface area contributed by atoms with Crippen LogP contribution in [0.1, 0.15) is 36.8 Å². The van der Waals surface area contributed by atoms with E-state index in [4.69, 9.17) is 0 Å². The maximum absolute atomic E-state index is 14.9. The Kier molecular flexibility index (Phi) is 7.54. The van der Waals surface area contributed by atoms with Crippen LogP contribution in [0.4, 0.5) is 35.1 Å². The molecule has 0 heterocycles. The van der Waals surface area contributed by atoms with E-state index in [0.29, 0.717) is 11.6 Å². The van der Waals surface area contributed by atoms with Crippen molar-refractivity contribution in [3.8, 4) is 17.6 Å². The maximum Gasteiger partial charge on any atom is 0.432 e. The molecule has 1 nitrogen and oxygen atoms in total. The van der Waals surface area contributed by atoms with Crippen molar-refractivity contribution >= 4 is 0 Å². The standard InChI is InChI=1S/C29H20F8O/c1-15-3-6-18(7-4-15)19-9-16(2)21(22(30)12-19)8-5-17-10-23(31)27(24(32)11-17)29(36,37)38-20-13-25(33)28(35)26(34)14-20/h3-4,6-7,9-10,13-14,17,19H,11-12H2,1-2H3. The van der Waals surface area contributed by atoms with Crippen molar-refractivity contribution in [2.75, 3.05) is 0 Å². The summed E-state index contributed by atoms with van der Waals surface area (Å²) in [4.78, 5) is 0. The number of aryl methyl sites for hydroxylation is 1. The van der Waals surface area contributed by atoms with Crippen LogP contribution in [-0.4, -0.2) is 6.11 Å². The van der Waals surface area contributed by atoms with E-state index >= 15 is 0 Å². The smallest absolute Gasteiger partial charge is 0.429 e. The third-order valence-electron chi connectivity index (χ3n) is 6.16. The molecule has 9 heteroatoms. The topological polar surface area (TPSA) is 9.23 Å². The number of hydrogen-bond donors (Lipinski definition) is 0. The highest BCUT2D eigenvalue weighted by Gasteiger charge is 2.45. The molecule has 4 rings (SSSR count). The molecule has 2 atom stereocenters. The third kappa shape index (κ3) is 5.69. The zero-order chi connectivity index (χ0) is 27.8. The number of ether oxygens (including phenoxy) is 1. The number of rotatable bonds is 4. The molecule has 0 amide bonds. The fourth-order valence-corrected chi connectivity index (χ4v) is 4.24. The van der Waals surface area contributed by atoms with E-state index in [0.717, 1.165) is 11.1 Å². The van der Waals surface area contributed by atoms with Crippen molar-refractivity contribution < 1.29 is 39.9 Å². The molecule has 2 unspecified atom stereocenters. The molecular formula is C29H20F8O. The molecule has 0 aromatic heterocycles. The highest BCUT2D eigenvalue weighted by atomic mass is 19.3. The van der Waals surface area contributed by atoms with Gasteiger partial charge < -0.3 is 4.74 Å². The van der Waals surface area contributed by atoms with Crippen LogP contribution < -0.4 is 4.74 Å². The number of halogens is 8. The highest BCUT2D eigenvalue weighted by molar-refractivity contribution is 5.52. The Labute approximate surface area is 213 Å². The van der Waals surface area contributed by atoms with E-state index in [2.05, 4.69) is 16.6 Å². The van der Waals surface area contributed by atoms with Crippen molar-refractivity contribution in [1.82, 2.24) is 0 Å². The first kappa shape index (κ1) is 27.2. The first-order chi connectivity index (χ1) is 17.9.